The number of hydrogen-bond acceptors (Lipinski definition) is 5. The first-order valence-corrected chi connectivity index (χ1v) is 13.5. The maximum Gasteiger partial charge on any atom is 0.193 e. The molecule has 0 bridgehead atoms. The Hall–Kier alpha value is -2.94. The zero-order valence-electron chi connectivity index (χ0n) is 21.7. The minimum Gasteiger partial charge on any atom is -0.379 e. The van der Waals surface area contributed by atoms with Crippen LogP contribution in [0.25, 0.3) is 5.57 Å². The lowest BCUT2D eigenvalue weighted by Crippen LogP contribution is -2.49. The highest BCUT2D eigenvalue weighted by molar-refractivity contribution is 6.33. The maximum atomic E-state index is 13.9. The molecule has 0 amide bonds. The summed E-state index contributed by atoms with van der Waals surface area (Å²) in [5.41, 5.74) is 9.20. The lowest BCUT2D eigenvalue weighted by molar-refractivity contribution is 0.0115. The second kappa shape index (κ2) is 8.87. The second-order valence-corrected chi connectivity index (χ2v) is 11.2. The minimum absolute atomic E-state index is 0.148. The van der Waals surface area contributed by atoms with E-state index in [1.54, 1.807) is 0 Å². The second-order valence-electron chi connectivity index (χ2n) is 11.2. The number of ketones is 1. The zero-order chi connectivity index (χ0) is 25.0. The summed E-state index contributed by atoms with van der Waals surface area (Å²) in [5.74, 6) is 0.148. The third-order valence-corrected chi connectivity index (χ3v) is 9.04. The van der Waals surface area contributed by atoms with Crippen molar-refractivity contribution in [1.29, 1.82) is 5.26 Å². The number of benzene rings is 2. The quantitative estimate of drug-likeness (QED) is 0.624. The van der Waals surface area contributed by atoms with Crippen LogP contribution in [0.2, 0.25) is 0 Å². The number of carbonyl (C=O) groups excluding carboxylic acids is 1. The molecule has 186 valence electrons. The van der Waals surface area contributed by atoms with Crippen LogP contribution in [0.3, 0.4) is 0 Å². The zero-order valence-corrected chi connectivity index (χ0v) is 21.7. The van der Waals surface area contributed by atoms with Crippen LogP contribution >= 0.6 is 0 Å². The Balaban J connectivity index is 1.33. The fraction of sp³-hybridized carbons (Fsp3) is 0.484. The molecular formula is C31H35N3O2. The van der Waals surface area contributed by atoms with Gasteiger partial charge in [-0.05, 0) is 77.8 Å². The Labute approximate surface area is 214 Å². The van der Waals surface area contributed by atoms with Crippen molar-refractivity contribution >= 4 is 17.0 Å². The Kier molecular flexibility index (Phi) is 5.78. The van der Waals surface area contributed by atoms with Gasteiger partial charge in [0, 0.05) is 54.5 Å². The first kappa shape index (κ1) is 23.5. The van der Waals surface area contributed by atoms with Gasteiger partial charge in [-0.15, -0.1) is 0 Å². The van der Waals surface area contributed by atoms with Gasteiger partial charge >= 0.3 is 0 Å². The van der Waals surface area contributed by atoms with E-state index in [4.69, 9.17) is 4.74 Å². The molecule has 5 heteroatoms. The van der Waals surface area contributed by atoms with Crippen molar-refractivity contribution in [2.45, 2.75) is 57.9 Å². The molecule has 2 heterocycles. The van der Waals surface area contributed by atoms with Gasteiger partial charge in [-0.3, -0.25) is 9.69 Å². The number of hydrogen-bond donors (Lipinski definition) is 0. The third-order valence-electron chi connectivity index (χ3n) is 9.04. The van der Waals surface area contributed by atoms with Gasteiger partial charge in [0.2, 0.25) is 0 Å². The molecule has 2 aromatic rings. The molecule has 0 aromatic heterocycles. The summed E-state index contributed by atoms with van der Waals surface area (Å²) < 4.78 is 5.56. The van der Waals surface area contributed by atoms with Gasteiger partial charge in [0.1, 0.15) is 0 Å². The highest BCUT2D eigenvalue weighted by Crippen LogP contribution is 2.51. The summed E-state index contributed by atoms with van der Waals surface area (Å²) in [4.78, 5) is 19.1. The summed E-state index contributed by atoms with van der Waals surface area (Å²) in [6.07, 6.45) is 4.00. The van der Waals surface area contributed by atoms with Gasteiger partial charge in [0.25, 0.3) is 0 Å². The molecule has 2 saturated heterocycles. The molecule has 6 rings (SSSR count). The van der Waals surface area contributed by atoms with Crippen LogP contribution in [-0.2, 0) is 23.0 Å². The van der Waals surface area contributed by atoms with E-state index in [9.17, 15) is 10.1 Å². The molecule has 0 radical (unpaired) electrons. The fourth-order valence-corrected chi connectivity index (χ4v) is 6.92. The largest absolute Gasteiger partial charge is 0.379 e. The number of ether oxygens (including phenoxy) is 1. The molecule has 2 aliphatic carbocycles. The van der Waals surface area contributed by atoms with E-state index in [0.717, 1.165) is 80.1 Å². The van der Waals surface area contributed by atoms with E-state index >= 15 is 0 Å². The Morgan fingerprint density at radius 2 is 1.81 bits per heavy atom. The Morgan fingerprint density at radius 1 is 1.06 bits per heavy atom. The predicted molar refractivity (Wildman–Crippen MR) is 143 cm³/mol. The summed E-state index contributed by atoms with van der Waals surface area (Å²) in [6.45, 7) is 12.7. The van der Waals surface area contributed by atoms with Crippen LogP contribution in [0.15, 0.2) is 35.9 Å². The predicted octanol–water partition coefficient (Wildman–Crippen LogP) is 4.91. The van der Waals surface area contributed by atoms with E-state index in [1.165, 1.54) is 29.7 Å². The SMILES string of the molecule is CCc1cc2c(cc1N1CCC(N3CCOCC3)CC1)C(C)(C)C1=C(C2=O)c2ccc(C#N)cc2C1. The monoisotopic (exact) mass is 481 g/mol. The Bertz CT molecular complexity index is 1300. The molecule has 0 unspecified atom stereocenters. The van der Waals surface area contributed by atoms with Gasteiger partial charge in [-0.25, -0.2) is 0 Å². The number of piperidine rings is 1. The van der Waals surface area contributed by atoms with Crippen molar-refractivity contribution in [3.8, 4) is 6.07 Å². The van der Waals surface area contributed by atoms with Crippen LogP contribution in [0.4, 0.5) is 5.69 Å². The molecular weight excluding hydrogens is 446 g/mol. The lowest BCUT2D eigenvalue weighted by atomic mass is 9.68. The fourth-order valence-electron chi connectivity index (χ4n) is 6.92. The van der Waals surface area contributed by atoms with E-state index in [2.05, 4.69) is 48.8 Å². The van der Waals surface area contributed by atoms with E-state index in [1.807, 2.05) is 18.2 Å². The van der Waals surface area contributed by atoms with Crippen LogP contribution in [0, 0.1) is 11.3 Å². The van der Waals surface area contributed by atoms with Gasteiger partial charge in [0.05, 0.1) is 24.8 Å². The number of aryl methyl sites for hydroxylation is 1. The number of Topliss-reactive ketones (excluding diaryl/α,β-unsaturated/α-hetero) is 1. The number of allylic oxidation sites excluding steroid dienone is 2. The van der Waals surface area contributed by atoms with E-state index in [-0.39, 0.29) is 11.2 Å². The normalized spacial score (nSPS) is 21.7. The van der Waals surface area contributed by atoms with Crippen molar-refractivity contribution in [2.24, 2.45) is 0 Å². The topological polar surface area (TPSA) is 56.6 Å². The number of nitriles is 1. The summed E-state index contributed by atoms with van der Waals surface area (Å²) in [7, 11) is 0. The number of carbonyl (C=O) groups is 1. The van der Waals surface area contributed by atoms with Gasteiger partial charge < -0.3 is 9.64 Å². The highest BCUT2D eigenvalue weighted by Gasteiger charge is 2.43. The lowest BCUT2D eigenvalue weighted by Gasteiger charge is -2.42. The Morgan fingerprint density at radius 3 is 2.50 bits per heavy atom. The van der Waals surface area contributed by atoms with Crippen LogP contribution in [0.5, 0.6) is 0 Å². The molecule has 2 fully saturated rings. The van der Waals surface area contributed by atoms with Crippen LogP contribution < -0.4 is 4.90 Å². The van der Waals surface area contributed by atoms with Crippen molar-refractivity contribution < 1.29 is 9.53 Å². The van der Waals surface area contributed by atoms with Crippen LogP contribution in [0.1, 0.15) is 71.8 Å². The third kappa shape index (κ3) is 3.62. The van der Waals surface area contributed by atoms with E-state index < -0.39 is 0 Å². The molecule has 2 aromatic carbocycles. The smallest absolute Gasteiger partial charge is 0.193 e. The first-order chi connectivity index (χ1) is 17.4. The average molecular weight is 482 g/mol. The summed E-state index contributed by atoms with van der Waals surface area (Å²) in [5, 5.41) is 9.38. The molecule has 36 heavy (non-hydrogen) atoms. The standard InChI is InChI=1S/C31H35N3O2/c1-4-21-16-25-26(18-28(21)34-9-7-23(8-10-34)33-11-13-36-14-12-33)31(2,3)27-17-22-15-20(19-32)5-6-24(22)29(27)30(25)35/h5-6,15-16,18,23H,4,7-14,17H2,1-3H3. The number of rotatable bonds is 3. The molecule has 0 atom stereocenters. The molecule has 5 nitrogen and oxygen atoms in total. The van der Waals surface area contributed by atoms with Gasteiger partial charge in [-0.2, -0.15) is 5.26 Å². The van der Waals surface area contributed by atoms with Crippen LogP contribution in [-0.4, -0.2) is 56.1 Å². The highest BCUT2D eigenvalue weighted by atomic mass is 16.5. The number of morpholine rings is 1. The maximum absolute atomic E-state index is 13.9. The number of anilines is 1. The van der Waals surface area contributed by atoms with Crippen molar-refractivity contribution in [3.05, 3.63) is 69.3 Å². The number of fused-ring (bicyclic) bond motifs is 3. The minimum atomic E-state index is -0.239. The van der Waals surface area contributed by atoms with Gasteiger partial charge in [0.15, 0.2) is 5.78 Å². The average Bonchev–Trinajstić information content (AvgIpc) is 3.32. The molecule has 4 aliphatic rings. The van der Waals surface area contributed by atoms with Crippen molar-refractivity contribution in [3.63, 3.8) is 0 Å². The summed E-state index contributed by atoms with van der Waals surface area (Å²) >= 11 is 0. The van der Waals surface area contributed by atoms with Crippen molar-refractivity contribution in [1.82, 2.24) is 4.90 Å². The molecule has 0 N–H and O–H groups in total. The first-order valence-electron chi connectivity index (χ1n) is 13.5. The molecule has 0 saturated carbocycles. The number of nitrogens with zero attached hydrogens (tertiary/aromatic N) is 3. The van der Waals surface area contributed by atoms with Gasteiger partial charge in [-0.1, -0.05) is 26.8 Å². The summed E-state index contributed by atoms with van der Waals surface area (Å²) in [6, 6.07) is 13.2. The van der Waals surface area contributed by atoms with Crippen molar-refractivity contribution in [2.75, 3.05) is 44.3 Å². The molecule has 2 aliphatic heterocycles. The van der Waals surface area contributed by atoms with E-state index in [0.29, 0.717) is 11.6 Å². The molecule has 0 spiro atoms.